The molecule has 0 bridgehead atoms. The van der Waals surface area contributed by atoms with Crippen LogP contribution in [0.5, 0.6) is 0 Å². The van der Waals surface area contributed by atoms with Crippen molar-refractivity contribution in [3.8, 4) is 0 Å². The summed E-state index contributed by atoms with van der Waals surface area (Å²) >= 11 is 5.89. The number of nitrogens with zero attached hydrogens (tertiary/aromatic N) is 2. The Hall–Kier alpha value is -0.680. The number of likely N-dealkylation sites (tertiary alicyclic amines) is 1. The highest BCUT2D eigenvalue weighted by Crippen LogP contribution is 2.27. The van der Waals surface area contributed by atoms with Crippen molar-refractivity contribution < 1.29 is 4.39 Å². The van der Waals surface area contributed by atoms with Crippen LogP contribution in [-0.2, 0) is 0 Å². The molecule has 5 heteroatoms. The fourth-order valence-electron chi connectivity index (χ4n) is 3.30. The second-order valence-electron chi connectivity index (χ2n) is 5.76. The molecule has 0 spiro atoms. The van der Waals surface area contributed by atoms with Gasteiger partial charge in [-0.2, -0.15) is 0 Å². The van der Waals surface area contributed by atoms with Gasteiger partial charge in [0, 0.05) is 30.7 Å². The van der Waals surface area contributed by atoms with E-state index in [9.17, 15) is 4.39 Å². The summed E-state index contributed by atoms with van der Waals surface area (Å²) in [6, 6.07) is 5.54. The van der Waals surface area contributed by atoms with Gasteiger partial charge < -0.3 is 5.73 Å². The maximum absolute atomic E-state index is 14.2. The average Bonchev–Trinajstić information content (AvgIpc) is 2.91. The third kappa shape index (κ3) is 3.75. The molecule has 21 heavy (non-hydrogen) atoms. The Bertz CT molecular complexity index is 469. The Balaban J connectivity index is 2.11. The largest absolute Gasteiger partial charge is 0.329 e. The maximum atomic E-state index is 14.2. The monoisotopic (exact) mass is 313 g/mol. The van der Waals surface area contributed by atoms with Gasteiger partial charge >= 0.3 is 0 Å². The lowest BCUT2D eigenvalue weighted by atomic mass is 10.0. The predicted molar refractivity (Wildman–Crippen MR) is 86.1 cm³/mol. The number of halogens is 2. The molecule has 1 saturated heterocycles. The molecule has 1 heterocycles. The summed E-state index contributed by atoms with van der Waals surface area (Å²) in [6.07, 6.45) is 2.44. The first-order valence-electron chi connectivity index (χ1n) is 7.66. The third-order valence-corrected chi connectivity index (χ3v) is 4.79. The summed E-state index contributed by atoms with van der Waals surface area (Å²) in [7, 11) is 2.02. The lowest BCUT2D eigenvalue weighted by Crippen LogP contribution is -2.42. The first kappa shape index (κ1) is 16.7. The highest BCUT2D eigenvalue weighted by Gasteiger charge is 2.27. The zero-order valence-electron chi connectivity index (χ0n) is 12.9. The zero-order valence-corrected chi connectivity index (χ0v) is 13.6. The van der Waals surface area contributed by atoms with E-state index in [0.29, 0.717) is 18.2 Å². The summed E-state index contributed by atoms with van der Waals surface area (Å²) in [5.41, 5.74) is 6.49. The minimum absolute atomic E-state index is 0.136. The van der Waals surface area contributed by atoms with Gasteiger partial charge in [-0.15, -0.1) is 0 Å². The topological polar surface area (TPSA) is 32.5 Å². The van der Waals surface area contributed by atoms with Crippen LogP contribution < -0.4 is 5.73 Å². The van der Waals surface area contributed by atoms with Crippen molar-refractivity contribution in [1.82, 2.24) is 9.80 Å². The van der Waals surface area contributed by atoms with Crippen LogP contribution in [0.15, 0.2) is 18.2 Å². The fourth-order valence-corrected chi connectivity index (χ4v) is 3.48. The molecule has 0 radical (unpaired) electrons. The van der Waals surface area contributed by atoms with Crippen molar-refractivity contribution in [2.45, 2.75) is 31.8 Å². The Morgan fingerprint density at radius 1 is 1.52 bits per heavy atom. The van der Waals surface area contributed by atoms with E-state index in [-0.39, 0.29) is 16.9 Å². The molecule has 3 nitrogen and oxygen atoms in total. The van der Waals surface area contributed by atoms with E-state index in [0.717, 1.165) is 19.6 Å². The second kappa shape index (κ2) is 7.54. The molecular formula is C16H25ClFN3. The molecule has 1 aliphatic heterocycles. The summed E-state index contributed by atoms with van der Waals surface area (Å²) in [6.45, 7) is 5.70. The van der Waals surface area contributed by atoms with Crippen molar-refractivity contribution in [1.29, 1.82) is 0 Å². The van der Waals surface area contributed by atoms with E-state index in [1.807, 2.05) is 7.05 Å². The molecule has 0 amide bonds. The highest BCUT2D eigenvalue weighted by molar-refractivity contribution is 6.30. The minimum atomic E-state index is -0.347. The quantitative estimate of drug-likeness (QED) is 0.876. The molecule has 2 atom stereocenters. The van der Waals surface area contributed by atoms with Gasteiger partial charge in [0.2, 0.25) is 0 Å². The van der Waals surface area contributed by atoms with Gasteiger partial charge in [-0.25, -0.2) is 4.39 Å². The SMILES string of the molecule is CCN1CCCC1CN(C)C(CN)c1cccc(Cl)c1F. The standard InChI is InChI=1S/C16H25ClFN3/c1-3-21-9-5-6-12(21)11-20(2)15(10-19)13-7-4-8-14(17)16(13)18/h4,7-8,12,15H,3,5-6,9-11,19H2,1-2H3. The van der Waals surface area contributed by atoms with Crippen LogP contribution in [0.2, 0.25) is 5.02 Å². The molecule has 1 fully saturated rings. The normalized spacial score (nSPS) is 21.1. The summed E-state index contributed by atoms with van der Waals surface area (Å²) in [5.74, 6) is -0.347. The Labute approximate surface area is 131 Å². The second-order valence-corrected chi connectivity index (χ2v) is 6.17. The molecule has 0 aromatic heterocycles. The van der Waals surface area contributed by atoms with Gasteiger partial charge in [-0.1, -0.05) is 30.7 Å². The lowest BCUT2D eigenvalue weighted by Gasteiger charge is -2.33. The number of likely N-dealkylation sites (N-methyl/N-ethyl adjacent to an activating group) is 2. The van der Waals surface area contributed by atoms with Crippen LogP contribution in [0.3, 0.4) is 0 Å². The molecule has 1 aliphatic rings. The Kier molecular flexibility index (Phi) is 5.99. The first-order valence-corrected chi connectivity index (χ1v) is 8.04. The van der Waals surface area contributed by atoms with Crippen LogP contribution in [-0.4, -0.2) is 49.1 Å². The maximum Gasteiger partial charge on any atom is 0.146 e. The number of hydrogen-bond acceptors (Lipinski definition) is 3. The van der Waals surface area contributed by atoms with E-state index >= 15 is 0 Å². The molecule has 2 N–H and O–H groups in total. The van der Waals surface area contributed by atoms with Crippen molar-refractivity contribution in [2.24, 2.45) is 5.73 Å². The minimum Gasteiger partial charge on any atom is -0.329 e. The predicted octanol–water partition coefficient (Wildman–Crippen LogP) is 2.90. The molecule has 1 aromatic carbocycles. The van der Waals surface area contributed by atoms with Crippen LogP contribution >= 0.6 is 11.6 Å². The number of rotatable bonds is 6. The van der Waals surface area contributed by atoms with Crippen molar-refractivity contribution in [2.75, 3.05) is 33.2 Å². The van der Waals surface area contributed by atoms with Crippen molar-refractivity contribution in [3.05, 3.63) is 34.6 Å². The molecular weight excluding hydrogens is 289 g/mol. The molecule has 1 aromatic rings. The summed E-state index contributed by atoms with van der Waals surface area (Å²) in [5, 5.41) is 0.162. The summed E-state index contributed by atoms with van der Waals surface area (Å²) < 4.78 is 14.2. The Morgan fingerprint density at radius 3 is 2.95 bits per heavy atom. The first-order chi connectivity index (χ1) is 10.1. The van der Waals surface area contributed by atoms with Gasteiger partial charge in [0.05, 0.1) is 5.02 Å². The van der Waals surface area contributed by atoms with Crippen LogP contribution in [0.4, 0.5) is 4.39 Å². The number of nitrogens with two attached hydrogens (primary N) is 1. The molecule has 0 aliphatic carbocycles. The number of hydrogen-bond donors (Lipinski definition) is 1. The highest BCUT2D eigenvalue weighted by atomic mass is 35.5. The van der Waals surface area contributed by atoms with E-state index in [1.54, 1.807) is 18.2 Å². The molecule has 0 saturated carbocycles. The van der Waals surface area contributed by atoms with Gasteiger partial charge in [-0.3, -0.25) is 9.80 Å². The van der Waals surface area contributed by atoms with E-state index in [4.69, 9.17) is 17.3 Å². The van der Waals surface area contributed by atoms with Crippen molar-refractivity contribution in [3.63, 3.8) is 0 Å². The van der Waals surface area contributed by atoms with Crippen LogP contribution in [0, 0.1) is 5.82 Å². The van der Waals surface area contributed by atoms with Gasteiger partial charge in [-0.05, 0) is 39.0 Å². The Morgan fingerprint density at radius 2 is 2.29 bits per heavy atom. The zero-order chi connectivity index (χ0) is 15.4. The van der Waals surface area contributed by atoms with E-state index in [1.165, 1.54) is 12.8 Å². The van der Waals surface area contributed by atoms with E-state index < -0.39 is 0 Å². The molecule has 2 unspecified atom stereocenters. The van der Waals surface area contributed by atoms with Crippen LogP contribution in [0.25, 0.3) is 0 Å². The lowest BCUT2D eigenvalue weighted by molar-refractivity contribution is 0.164. The van der Waals surface area contributed by atoms with Gasteiger partial charge in [0.15, 0.2) is 0 Å². The number of benzene rings is 1. The van der Waals surface area contributed by atoms with Gasteiger partial charge in [0.1, 0.15) is 5.82 Å². The fraction of sp³-hybridized carbons (Fsp3) is 0.625. The smallest absolute Gasteiger partial charge is 0.146 e. The van der Waals surface area contributed by atoms with Crippen molar-refractivity contribution >= 4 is 11.6 Å². The van der Waals surface area contributed by atoms with Gasteiger partial charge in [0.25, 0.3) is 0 Å². The van der Waals surface area contributed by atoms with Crippen LogP contribution in [0.1, 0.15) is 31.4 Å². The molecule has 2 rings (SSSR count). The average molecular weight is 314 g/mol. The van der Waals surface area contributed by atoms with E-state index in [2.05, 4.69) is 16.7 Å². The third-order valence-electron chi connectivity index (χ3n) is 4.50. The molecule has 118 valence electrons. The summed E-state index contributed by atoms with van der Waals surface area (Å²) in [4.78, 5) is 4.64.